The molecule has 0 fully saturated rings. The number of anilines is 1. The number of hydrogen-bond donors (Lipinski definition) is 1. The normalized spacial score (nSPS) is 10.4. The fraction of sp³-hybridized carbons (Fsp3) is 0.188. The van der Waals surface area contributed by atoms with Crippen molar-refractivity contribution in [2.24, 2.45) is 0 Å². The van der Waals surface area contributed by atoms with E-state index in [1.54, 1.807) is 0 Å². The van der Waals surface area contributed by atoms with E-state index in [9.17, 15) is 4.79 Å². The summed E-state index contributed by atoms with van der Waals surface area (Å²) in [5.41, 5.74) is 4.45. The number of halogens is 2. The topological polar surface area (TPSA) is 29.1 Å². The van der Waals surface area contributed by atoms with Crippen molar-refractivity contribution in [3.8, 4) is 0 Å². The minimum atomic E-state index is -0.122. The highest BCUT2D eigenvalue weighted by molar-refractivity contribution is 14.1. The summed E-state index contributed by atoms with van der Waals surface area (Å²) in [4.78, 5) is 12.4. The van der Waals surface area contributed by atoms with Crippen LogP contribution in [0.4, 0.5) is 5.69 Å². The summed E-state index contributed by atoms with van der Waals surface area (Å²) in [5.74, 6) is -0.122. The molecule has 0 unspecified atom stereocenters. The predicted octanol–water partition coefficient (Wildman–Crippen LogP) is 5.12. The number of aryl methyl sites for hydroxylation is 3. The average Bonchev–Trinajstić information content (AvgIpc) is 2.31. The molecule has 2 aromatic rings. The van der Waals surface area contributed by atoms with Crippen LogP contribution < -0.4 is 5.32 Å². The highest BCUT2D eigenvalue weighted by Gasteiger charge is 2.14. The van der Waals surface area contributed by atoms with E-state index in [1.807, 2.05) is 51.1 Å². The molecule has 2 nitrogen and oxygen atoms in total. The quantitative estimate of drug-likeness (QED) is 0.698. The van der Waals surface area contributed by atoms with Gasteiger partial charge < -0.3 is 5.32 Å². The first-order chi connectivity index (χ1) is 9.38. The van der Waals surface area contributed by atoms with Gasteiger partial charge in [-0.1, -0.05) is 29.3 Å². The van der Waals surface area contributed by atoms with Gasteiger partial charge in [0.15, 0.2) is 0 Å². The Morgan fingerprint density at radius 2 is 1.70 bits per heavy atom. The van der Waals surface area contributed by atoms with E-state index in [0.29, 0.717) is 16.3 Å². The molecule has 0 aliphatic rings. The van der Waals surface area contributed by atoms with Gasteiger partial charge in [0.05, 0.1) is 10.7 Å². The molecule has 104 valence electrons. The second kappa shape index (κ2) is 6.14. The minimum absolute atomic E-state index is 0.122. The van der Waals surface area contributed by atoms with Crippen LogP contribution in [0.15, 0.2) is 30.3 Å². The van der Waals surface area contributed by atoms with E-state index < -0.39 is 0 Å². The van der Waals surface area contributed by atoms with Crippen LogP contribution in [0.2, 0.25) is 5.02 Å². The van der Waals surface area contributed by atoms with Gasteiger partial charge in [0.25, 0.3) is 5.91 Å². The zero-order valence-corrected chi connectivity index (χ0v) is 14.5. The largest absolute Gasteiger partial charge is 0.321 e. The molecule has 1 N–H and O–H groups in total. The van der Waals surface area contributed by atoms with Gasteiger partial charge in [-0.15, -0.1) is 0 Å². The van der Waals surface area contributed by atoms with Crippen LogP contribution >= 0.6 is 34.2 Å². The molecule has 0 aliphatic heterocycles. The molecule has 2 rings (SSSR count). The zero-order valence-electron chi connectivity index (χ0n) is 11.6. The monoisotopic (exact) mass is 399 g/mol. The molecule has 0 aliphatic carbocycles. The van der Waals surface area contributed by atoms with Gasteiger partial charge in [0.1, 0.15) is 0 Å². The van der Waals surface area contributed by atoms with E-state index in [4.69, 9.17) is 11.6 Å². The summed E-state index contributed by atoms with van der Waals surface area (Å²) in [5, 5.41) is 3.43. The number of amides is 1. The predicted molar refractivity (Wildman–Crippen MR) is 92.8 cm³/mol. The van der Waals surface area contributed by atoms with E-state index in [1.165, 1.54) is 0 Å². The summed E-state index contributed by atoms with van der Waals surface area (Å²) < 4.78 is 1.04. The lowest BCUT2D eigenvalue weighted by Crippen LogP contribution is -2.15. The Balaban J connectivity index is 2.33. The maximum atomic E-state index is 12.4. The summed E-state index contributed by atoms with van der Waals surface area (Å²) in [7, 11) is 0. The molecule has 0 heterocycles. The van der Waals surface area contributed by atoms with Gasteiger partial charge in [0.2, 0.25) is 0 Å². The first-order valence-electron chi connectivity index (χ1n) is 6.22. The number of carbonyl (C=O) groups is 1. The van der Waals surface area contributed by atoms with Gasteiger partial charge in [0, 0.05) is 9.13 Å². The van der Waals surface area contributed by atoms with Crippen molar-refractivity contribution < 1.29 is 4.79 Å². The lowest BCUT2D eigenvalue weighted by molar-refractivity contribution is 0.102. The number of nitrogens with one attached hydrogen (secondary N) is 1. The highest BCUT2D eigenvalue weighted by Crippen LogP contribution is 2.25. The molecule has 4 heteroatoms. The van der Waals surface area contributed by atoms with Crippen LogP contribution in [-0.2, 0) is 0 Å². The van der Waals surface area contributed by atoms with Crippen LogP contribution in [0.5, 0.6) is 0 Å². The number of benzene rings is 2. The third-order valence-electron chi connectivity index (χ3n) is 3.08. The Morgan fingerprint density at radius 1 is 1.10 bits per heavy atom. The molecule has 0 saturated heterocycles. The van der Waals surface area contributed by atoms with Crippen LogP contribution in [-0.4, -0.2) is 5.91 Å². The average molecular weight is 400 g/mol. The first-order valence-corrected chi connectivity index (χ1v) is 7.68. The SMILES string of the molecule is Cc1cc(C)c(C(=O)Nc2ccc(I)cc2Cl)c(C)c1. The Hall–Kier alpha value is -1.07. The minimum Gasteiger partial charge on any atom is -0.321 e. The van der Waals surface area contributed by atoms with Gasteiger partial charge in [-0.05, 0) is 72.7 Å². The van der Waals surface area contributed by atoms with Crippen molar-refractivity contribution in [1.29, 1.82) is 0 Å². The Labute approximate surface area is 137 Å². The van der Waals surface area contributed by atoms with Crippen molar-refractivity contribution in [1.82, 2.24) is 0 Å². The molecule has 0 saturated carbocycles. The molecule has 1 amide bonds. The molecule has 0 atom stereocenters. The molecule has 0 radical (unpaired) electrons. The molecule has 2 aromatic carbocycles. The third-order valence-corrected chi connectivity index (χ3v) is 4.07. The summed E-state index contributed by atoms with van der Waals surface area (Å²) in [6.45, 7) is 5.92. The Bertz CT molecular complexity index is 659. The van der Waals surface area contributed by atoms with Crippen molar-refractivity contribution in [3.05, 3.63) is 61.2 Å². The van der Waals surface area contributed by atoms with Crippen molar-refractivity contribution in [3.63, 3.8) is 0 Å². The zero-order chi connectivity index (χ0) is 14.9. The fourth-order valence-electron chi connectivity index (χ4n) is 2.31. The highest BCUT2D eigenvalue weighted by atomic mass is 127. The number of carbonyl (C=O) groups excluding carboxylic acids is 1. The number of hydrogen-bond acceptors (Lipinski definition) is 1. The van der Waals surface area contributed by atoms with Crippen molar-refractivity contribution in [2.45, 2.75) is 20.8 Å². The summed E-state index contributed by atoms with van der Waals surface area (Å²) >= 11 is 8.33. The molecule has 20 heavy (non-hydrogen) atoms. The lowest BCUT2D eigenvalue weighted by Gasteiger charge is -2.12. The molecule has 0 spiro atoms. The van der Waals surface area contributed by atoms with E-state index in [-0.39, 0.29) is 5.91 Å². The van der Waals surface area contributed by atoms with E-state index in [0.717, 1.165) is 20.3 Å². The van der Waals surface area contributed by atoms with Crippen LogP contribution in [0.3, 0.4) is 0 Å². The van der Waals surface area contributed by atoms with Crippen LogP contribution in [0.1, 0.15) is 27.0 Å². The van der Waals surface area contributed by atoms with Crippen LogP contribution in [0, 0.1) is 24.3 Å². The smallest absolute Gasteiger partial charge is 0.256 e. The Morgan fingerprint density at radius 3 is 2.25 bits per heavy atom. The molecule has 0 aromatic heterocycles. The van der Waals surface area contributed by atoms with E-state index >= 15 is 0 Å². The lowest BCUT2D eigenvalue weighted by atomic mass is 9.99. The summed E-state index contributed by atoms with van der Waals surface area (Å²) in [6, 6.07) is 9.58. The molecule has 0 bridgehead atoms. The third kappa shape index (κ3) is 3.33. The Kier molecular flexibility index (Phi) is 4.70. The van der Waals surface area contributed by atoms with E-state index in [2.05, 4.69) is 27.9 Å². The summed E-state index contributed by atoms with van der Waals surface area (Å²) in [6.07, 6.45) is 0. The standard InChI is InChI=1S/C16H15ClINO/c1-9-6-10(2)15(11(3)7-9)16(20)19-14-5-4-12(18)8-13(14)17/h4-8H,1-3H3,(H,19,20). The second-order valence-corrected chi connectivity index (χ2v) is 6.50. The van der Waals surface area contributed by atoms with Gasteiger partial charge in [-0.25, -0.2) is 0 Å². The van der Waals surface area contributed by atoms with Gasteiger partial charge >= 0.3 is 0 Å². The van der Waals surface area contributed by atoms with Crippen LogP contribution in [0.25, 0.3) is 0 Å². The second-order valence-electron chi connectivity index (χ2n) is 4.85. The molecular weight excluding hydrogens is 385 g/mol. The van der Waals surface area contributed by atoms with Crippen molar-refractivity contribution in [2.75, 3.05) is 5.32 Å². The fourth-order valence-corrected chi connectivity index (χ4v) is 3.22. The maximum Gasteiger partial charge on any atom is 0.256 e. The van der Waals surface area contributed by atoms with Crippen molar-refractivity contribution >= 4 is 45.8 Å². The van der Waals surface area contributed by atoms with Gasteiger partial charge in [-0.3, -0.25) is 4.79 Å². The maximum absolute atomic E-state index is 12.4. The van der Waals surface area contributed by atoms with Gasteiger partial charge in [-0.2, -0.15) is 0 Å². The first kappa shape index (κ1) is 15.3. The molecular formula is C16H15ClINO. The number of rotatable bonds is 2.